The van der Waals surface area contributed by atoms with E-state index < -0.39 is 0 Å². The number of benzene rings is 1. The molecule has 2 atom stereocenters. The quantitative estimate of drug-likeness (QED) is 0.721. The van der Waals surface area contributed by atoms with E-state index in [4.69, 9.17) is 4.74 Å². The second-order valence-corrected chi connectivity index (χ2v) is 6.49. The largest absolute Gasteiger partial charge is 0.491 e. The lowest BCUT2D eigenvalue weighted by Gasteiger charge is -2.26. The summed E-state index contributed by atoms with van der Waals surface area (Å²) in [6, 6.07) is 8.67. The van der Waals surface area contributed by atoms with Crippen molar-refractivity contribution in [1.29, 1.82) is 0 Å². The number of rotatable bonds is 3. The SMILES string of the molecule is CC(C)Oc1ccc(C2CCCC(Br)C2)cc1. The van der Waals surface area contributed by atoms with Gasteiger partial charge >= 0.3 is 0 Å². The Kier molecular flexibility index (Phi) is 4.49. The van der Waals surface area contributed by atoms with E-state index in [1.54, 1.807) is 0 Å². The number of hydrogen-bond donors (Lipinski definition) is 0. The van der Waals surface area contributed by atoms with Gasteiger partial charge < -0.3 is 4.74 Å². The van der Waals surface area contributed by atoms with Gasteiger partial charge in [-0.3, -0.25) is 0 Å². The molecule has 0 amide bonds. The first kappa shape index (κ1) is 12.9. The molecule has 0 N–H and O–H groups in total. The van der Waals surface area contributed by atoms with E-state index in [1.807, 2.05) is 0 Å². The highest BCUT2D eigenvalue weighted by Gasteiger charge is 2.21. The predicted molar refractivity (Wildman–Crippen MR) is 76.1 cm³/mol. The van der Waals surface area contributed by atoms with Crippen molar-refractivity contribution in [2.45, 2.75) is 56.4 Å². The minimum absolute atomic E-state index is 0.252. The normalized spacial score (nSPS) is 24.9. The fourth-order valence-corrected chi connectivity index (χ4v) is 3.30. The van der Waals surface area contributed by atoms with Gasteiger partial charge in [-0.25, -0.2) is 0 Å². The molecule has 0 spiro atoms. The van der Waals surface area contributed by atoms with Crippen molar-refractivity contribution in [1.82, 2.24) is 0 Å². The zero-order valence-corrected chi connectivity index (χ0v) is 12.2. The van der Waals surface area contributed by atoms with Crippen molar-refractivity contribution in [3.05, 3.63) is 29.8 Å². The van der Waals surface area contributed by atoms with E-state index in [2.05, 4.69) is 54.0 Å². The third kappa shape index (κ3) is 3.74. The molecule has 0 radical (unpaired) electrons. The molecule has 0 aliphatic heterocycles. The summed E-state index contributed by atoms with van der Waals surface area (Å²) >= 11 is 3.75. The van der Waals surface area contributed by atoms with Crippen LogP contribution in [0.15, 0.2) is 24.3 Å². The highest BCUT2D eigenvalue weighted by atomic mass is 79.9. The van der Waals surface area contributed by atoms with E-state index >= 15 is 0 Å². The lowest BCUT2D eigenvalue weighted by atomic mass is 9.84. The van der Waals surface area contributed by atoms with Crippen LogP contribution in [0.5, 0.6) is 5.75 Å². The van der Waals surface area contributed by atoms with Gasteiger partial charge in [0, 0.05) is 4.83 Å². The Balaban J connectivity index is 2.01. The minimum atomic E-state index is 0.252. The van der Waals surface area contributed by atoms with Crippen molar-refractivity contribution in [2.24, 2.45) is 0 Å². The van der Waals surface area contributed by atoms with E-state index in [9.17, 15) is 0 Å². The first-order chi connectivity index (χ1) is 8.15. The van der Waals surface area contributed by atoms with Gasteiger partial charge in [0.2, 0.25) is 0 Å². The van der Waals surface area contributed by atoms with Gasteiger partial charge in [-0.2, -0.15) is 0 Å². The molecule has 0 heterocycles. The number of ether oxygens (including phenoxy) is 1. The molecule has 1 aliphatic carbocycles. The molecular weight excluding hydrogens is 276 g/mol. The van der Waals surface area contributed by atoms with Crippen LogP contribution in [0.4, 0.5) is 0 Å². The molecule has 1 aromatic carbocycles. The molecule has 0 saturated heterocycles. The number of hydrogen-bond acceptors (Lipinski definition) is 1. The molecule has 0 bridgehead atoms. The maximum absolute atomic E-state index is 5.67. The molecule has 1 aliphatic rings. The summed E-state index contributed by atoms with van der Waals surface area (Å²) in [6.07, 6.45) is 5.51. The van der Waals surface area contributed by atoms with Gasteiger partial charge in [-0.1, -0.05) is 34.5 Å². The molecule has 1 aromatic rings. The fourth-order valence-electron chi connectivity index (χ4n) is 2.52. The third-order valence-electron chi connectivity index (χ3n) is 3.33. The molecule has 1 saturated carbocycles. The van der Waals surface area contributed by atoms with Crippen molar-refractivity contribution in [3.8, 4) is 5.75 Å². The Labute approximate surface area is 113 Å². The summed E-state index contributed by atoms with van der Waals surface area (Å²) < 4.78 is 5.67. The number of halogens is 1. The van der Waals surface area contributed by atoms with Crippen LogP contribution < -0.4 is 4.74 Å². The Morgan fingerprint density at radius 1 is 1.18 bits per heavy atom. The van der Waals surface area contributed by atoms with Gasteiger partial charge in [0.1, 0.15) is 5.75 Å². The van der Waals surface area contributed by atoms with Crippen molar-refractivity contribution < 1.29 is 4.74 Å². The molecule has 94 valence electrons. The first-order valence-electron chi connectivity index (χ1n) is 6.56. The molecule has 0 aromatic heterocycles. The van der Waals surface area contributed by atoms with Gasteiger partial charge in [0.05, 0.1) is 6.10 Å². The highest BCUT2D eigenvalue weighted by Crippen LogP contribution is 2.36. The molecule has 1 fully saturated rings. The van der Waals surface area contributed by atoms with E-state index in [-0.39, 0.29) is 6.10 Å². The average Bonchev–Trinajstić information content (AvgIpc) is 2.29. The predicted octanol–water partition coefficient (Wildman–Crippen LogP) is 4.89. The molecular formula is C15H21BrO. The smallest absolute Gasteiger partial charge is 0.119 e. The van der Waals surface area contributed by atoms with E-state index in [0.717, 1.165) is 11.7 Å². The van der Waals surface area contributed by atoms with E-state index in [1.165, 1.54) is 31.2 Å². The second kappa shape index (κ2) is 5.90. The van der Waals surface area contributed by atoms with Crippen LogP contribution in [0.1, 0.15) is 51.0 Å². The molecule has 17 heavy (non-hydrogen) atoms. The zero-order chi connectivity index (χ0) is 12.3. The van der Waals surface area contributed by atoms with Crippen LogP contribution in [0, 0.1) is 0 Å². The first-order valence-corrected chi connectivity index (χ1v) is 7.47. The number of alkyl halides is 1. The second-order valence-electron chi connectivity index (χ2n) is 5.20. The molecule has 2 heteroatoms. The summed E-state index contributed by atoms with van der Waals surface area (Å²) in [5, 5.41) is 0. The molecule has 2 unspecified atom stereocenters. The monoisotopic (exact) mass is 296 g/mol. The van der Waals surface area contributed by atoms with Crippen LogP contribution >= 0.6 is 15.9 Å². The summed E-state index contributed by atoms with van der Waals surface area (Å²) in [7, 11) is 0. The molecule has 2 rings (SSSR count). The average molecular weight is 297 g/mol. The third-order valence-corrected chi connectivity index (χ3v) is 4.17. The Hall–Kier alpha value is -0.500. The van der Waals surface area contributed by atoms with Gasteiger partial charge in [0.25, 0.3) is 0 Å². The van der Waals surface area contributed by atoms with E-state index in [0.29, 0.717) is 4.83 Å². The van der Waals surface area contributed by atoms with Crippen molar-refractivity contribution >= 4 is 15.9 Å². The van der Waals surface area contributed by atoms with Crippen molar-refractivity contribution in [2.75, 3.05) is 0 Å². The zero-order valence-electron chi connectivity index (χ0n) is 10.7. The standard InChI is InChI=1S/C15H21BrO/c1-11(2)17-15-8-6-12(7-9-15)13-4-3-5-14(16)10-13/h6-9,11,13-14H,3-5,10H2,1-2H3. The van der Waals surface area contributed by atoms with Crippen LogP contribution in [0.3, 0.4) is 0 Å². The lowest BCUT2D eigenvalue weighted by molar-refractivity contribution is 0.242. The summed E-state index contributed by atoms with van der Waals surface area (Å²) in [5.41, 5.74) is 1.46. The Bertz CT molecular complexity index is 344. The Morgan fingerprint density at radius 3 is 2.47 bits per heavy atom. The van der Waals surface area contributed by atoms with Crippen LogP contribution in [0.25, 0.3) is 0 Å². The summed E-state index contributed by atoms with van der Waals surface area (Å²) in [4.78, 5) is 0.702. The van der Waals surface area contributed by atoms with Crippen LogP contribution in [-0.2, 0) is 0 Å². The van der Waals surface area contributed by atoms with Gasteiger partial charge in [-0.05, 0) is 56.7 Å². The van der Waals surface area contributed by atoms with Crippen LogP contribution in [0.2, 0.25) is 0 Å². The minimum Gasteiger partial charge on any atom is -0.491 e. The van der Waals surface area contributed by atoms with Gasteiger partial charge in [-0.15, -0.1) is 0 Å². The topological polar surface area (TPSA) is 9.23 Å². The van der Waals surface area contributed by atoms with Crippen molar-refractivity contribution in [3.63, 3.8) is 0 Å². The fraction of sp³-hybridized carbons (Fsp3) is 0.600. The maximum atomic E-state index is 5.67. The lowest BCUT2D eigenvalue weighted by Crippen LogP contribution is -2.13. The summed E-state index contributed by atoms with van der Waals surface area (Å²) in [6.45, 7) is 4.12. The Morgan fingerprint density at radius 2 is 1.88 bits per heavy atom. The van der Waals surface area contributed by atoms with Gasteiger partial charge in [0.15, 0.2) is 0 Å². The maximum Gasteiger partial charge on any atom is 0.119 e. The van der Waals surface area contributed by atoms with Crippen LogP contribution in [-0.4, -0.2) is 10.9 Å². The molecule has 1 nitrogen and oxygen atoms in total. The highest BCUT2D eigenvalue weighted by molar-refractivity contribution is 9.09. The summed E-state index contributed by atoms with van der Waals surface area (Å²) in [5.74, 6) is 1.70.